The van der Waals surface area contributed by atoms with Crippen LogP contribution in [0.1, 0.15) is 101 Å². The van der Waals surface area contributed by atoms with Crippen LogP contribution in [0.15, 0.2) is 54.7 Å². The average Bonchev–Trinajstić information content (AvgIpc) is 3.88. The number of hydrogen-bond acceptors (Lipinski definition) is 8. The summed E-state index contributed by atoms with van der Waals surface area (Å²) in [5.41, 5.74) is 4.15. The molecule has 0 aliphatic carbocycles. The molecule has 0 spiro atoms. The van der Waals surface area contributed by atoms with Gasteiger partial charge in [0.05, 0.1) is 36.8 Å². The van der Waals surface area contributed by atoms with Crippen LogP contribution in [-0.4, -0.2) is 79.3 Å². The van der Waals surface area contributed by atoms with Gasteiger partial charge in [-0.15, -0.1) is 0 Å². The maximum atomic E-state index is 12.9. The highest BCUT2D eigenvalue weighted by atomic mass is 16.6. The van der Waals surface area contributed by atoms with E-state index in [-0.39, 0.29) is 23.9 Å². The molecule has 4 heterocycles. The standard InChI is InChI=1S/C38H46N6O6/c1-37(2,3)49-35(46)43-20-8-10-28(43)32-39-22-27(40-32)25-16-12-23(13-17-25)24-14-18-26(19-15-24)30-31(34(45)48-7)42-33(41-30)29-11-9-21-44(29)36(47)50-38(4,5)6/h12-19,22,28-29H,8-11,20-21H2,1-7H3,(H,39,40)(H,41,42)/t28-,29-/m0/s1. The third-order valence-corrected chi connectivity index (χ3v) is 8.79. The Morgan fingerprint density at radius 1 is 0.700 bits per heavy atom. The number of aromatic amines is 2. The lowest BCUT2D eigenvalue weighted by molar-refractivity contribution is 0.0208. The number of carbonyl (C=O) groups excluding carboxylic acids is 3. The number of hydrogen-bond donors (Lipinski definition) is 2. The topological polar surface area (TPSA) is 143 Å². The predicted molar refractivity (Wildman–Crippen MR) is 188 cm³/mol. The highest BCUT2D eigenvalue weighted by molar-refractivity contribution is 5.94. The molecule has 6 rings (SSSR count). The van der Waals surface area contributed by atoms with Crippen LogP contribution >= 0.6 is 0 Å². The molecule has 4 aromatic rings. The van der Waals surface area contributed by atoms with Gasteiger partial charge in [-0.05, 0) is 83.9 Å². The zero-order valence-electron chi connectivity index (χ0n) is 29.8. The van der Waals surface area contributed by atoms with Crippen LogP contribution in [0.2, 0.25) is 0 Å². The molecule has 2 atom stereocenters. The molecule has 12 heteroatoms. The summed E-state index contributed by atoms with van der Waals surface area (Å²) in [6, 6.07) is 15.5. The van der Waals surface area contributed by atoms with E-state index in [1.807, 2.05) is 90.1 Å². The first kappa shape index (κ1) is 34.7. The van der Waals surface area contributed by atoms with Crippen LogP contribution < -0.4 is 0 Å². The molecule has 2 aliphatic heterocycles. The molecule has 50 heavy (non-hydrogen) atoms. The van der Waals surface area contributed by atoms with E-state index in [0.29, 0.717) is 31.0 Å². The number of ether oxygens (including phenoxy) is 3. The van der Waals surface area contributed by atoms with E-state index in [1.165, 1.54) is 7.11 Å². The number of nitrogens with one attached hydrogen (secondary N) is 2. The Balaban J connectivity index is 1.18. The van der Waals surface area contributed by atoms with Crippen LogP contribution in [-0.2, 0) is 14.2 Å². The van der Waals surface area contributed by atoms with Crippen LogP contribution in [0, 0.1) is 0 Å². The zero-order chi connectivity index (χ0) is 35.8. The van der Waals surface area contributed by atoms with E-state index < -0.39 is 23.3 Å². The second-order valence-electron chi connectivity index (χ2n) is 14.8. The molecule has 2 N–H and O–H groups in total. The van der Waals surface area contributed by atoms with Crippen molar-refractivity contribution in [2.45, 2.75) is 90.5 Å². The van der Waals surface area contributed by atoms with Crippen molar-refractivity contribution >= 4 is 18.2 Å². The fourth-order valence-electron chi connectivity index (χ4n) is 6.51. The number of nitrogens with zero attached hydrogens (tertiary/aromatic N) is 4. The largest absolute Gasteiger partial charge is 0.464 e. The van der Waals surface area contributed by atoms with Gasteiger partial charge in [0.15, 0.2) is 5.69 Å². The summed E-state index contributed by atoms with van der Waals surface area (Å²) >= 11 is 0. The summed E-state index contributed by atoms with van der Waals surface area (Å²) in [5.74, 6) is 0.717. The highest BCUT2D eigenvalue weighted by Crippen LogP contribution is 2.36. The van der Waals surface area contributed by atoms with Crippen LogP contribution in [0.4, 0.5) is 9.59 Å². The Morgan fingerprint density at radius 2 is 1.18 bits per heavy atom. The third-order valence-electron chi connectivity index (χ3n) is 8.79. The minimum Gasteiger partial charge on any atom is -0.464 e. The number of amides is 2. The number of H-pyrrole nitrogens is 2. The number of rotatable bonds is 6. The number of methoxy groups -OCH3 is 1. The molecule has 2 saturated heterocycles. The molecule has 0 unspecified atom stereocenters. The van der Waals surface area contributed by atoms with Crippen molar-refractivity contribution in [3.8, 4) is 33.6 Å². The summed E-state index contributed by atoms with van der Waals surface area (Å²) in [6.07, 6.45) is 4.31. The fourth-order valence-corrected chi connectivity index (χ4v) is 6.51. The van der Waals surface area contributed by atoms with Crippen molar-refractivity contribution < 1.29 is 28.6 Å². The minimum atomic E-state index is -0.622. The van der Waals surface area contributed by atoms with E-state index in [1.54, 1.807) is 16.0 Å². The first-order valence-electron chi connectivity index (χ1n) is 17.1. The molecule has 2 fully saturated rings. The summed E-state index contributed by atoms with van der Waals surface area (Å²) < 4.78 is 16.3. The summed E-state index contributed by atoms with van der Waals surface area (Å²) in [5, 5.41) is 0. The number of imidazole rings is 2. The Hall–Kier alpha value is -5.13. The average molecular weight is 683 g/mol. The van der Waals surface area contributed by atoms with E-state index in [9.17, 15) is 14.4 Å². The van der Waals surface area contributed by atoms with Crippen LogP contribution in [0.5, 0.6) is 0 Å². The second-order valence-corrected chi connectivity index (χ2v) is 14.8. The summed E-state index contributed by atoms with van der Waals surface area (Å²) in [4.78, 5) is 58.0. The minimum absolute atomic E-state index is 0.149. The van der Waals surface area contributed by atoms with Gasteiger partial charge in [0.2, 0.25) is 0 Å². The van der Waals surface area contributed by atoms with E-state index in [0.717, 1.165) is 53.0 Å². The van der Waals surface area contributed by atoms with Crippen molar-refractivity contribution in [3.63, 3.8) is 0 Å². The first-order chi connectivity index (χ1) is 23.7. The number of benzene rings is 2. The molecule has 2 aromatic carbocycles. The number of esters is 1. The van der Waals surface area contributed by atoms with E-state index in [2.05, 4.69) is 19.9 Å². The molecule has 0 bridgehead atoms. The Labute approximate surface area is 292 Å². The van der Waals surface area contributed by atoms with Gasteiger partial charge in [-0.25, -0.2) is 24.4 Å². The van der Waals surface area contributed by atoms with Gasteiger partial charge >= 0.3 is 18.2 Å². The number of carbonyl (C=O) groups is 3. The van der Waals surface area contributed by atoms with Crippen molar-refractivity contribution in [1.29, 1.82) is 0 Å². The SMILES string of the molecule is COC(=O)c1nc([C@@H]2CCCN2C(=O)OC(C)(C)C)[nH]c1-c1ccc(-c2ccc(-c3cnc([C@@H]4CCCN4C(=O)OC(C)(C)C)[nH]3)cc2)cc1. The van der Waals surface area contributed by atoms with E-state index >= 15 is 0 Å². The molecular formula is C38H46N6O6. The summed E-state index contributed by atoms with van der Waals surface area (Å²) in [6.45, 7) is 12.3. The Morgan fingerprint density at radius 3 is 1.68 bits per heavy atom. The lowest BCUT2D eigenvalue weighted by Gasteiger charge is -2.27. The quantitative estimate of drug-likeness (QED) is 0.154. The smallest absolute Gasteiger partial charge is 0.410 e. The maximum absolute atomic E-state index is 12.9. The number of aromatic nitrogens is 4. The van der Waals surface area contributed by atoms with E-state index in [4.69, 9.17) is 14.2 Å². The lowest BCUT2D eigenvalue weighted by Crippen LogP contribution is -2.36. The maximum Gasteiger partial charge on any atom is 0.410 e. The summed E-state index contributed by atoms with van der Waals surface area (Å²) in [7, 11) is 1.33. The molecule has 12 nitrogen and oxygen atoms in total. The Bertz CT molecular complexity index is 1850. The van der Waals surface area contributed by atoms with Crippen LogP contribution in [0.25, 0.3) is 33.6 Å². The normalized spacial score (nSPS) is 18.0. The van der Waals surface area contributed by atoms with Gasteiger partial charge in [0, 0.05) is 18.7 Å². The van der Waals surface area contributed by atoms with Gasteiger partial charge in [-0.2, -0.15) is 0 Å². The van der Waals surface area contributed by atoms with Crippen LogP contribution in [0.3, 0.4) is 0 Å². The first-order valence-corrected chi connectivity index (χ1v) is 17.1. The predicted octanol–water partition coefficient (Wildman–Crippen LogP) is 8.06. The van der Waals surface area contributed by atoms with Gasteiger partial charge in [-0.1, -0.05) is 48.5 Å². The molecule has 0 saturated carbocycles. The number of likely N-dealkylation sites (tertiary alicyclic amines) is 2. The van der Waals surface area contributed by atoms with Crippen molar-refractivity contribution in [3.05, 3.63) is 72.1 Å². The molecule has 0 radical (unpaired) electrons. The molecular weight excluding hydrogens is 636 g/mol. The van der Waals surface area contributed by atoms with Gasteiger partial charge < -0.3 is 24.2 Å². The Kier molecular flexibility index (Phi) is 9.48. The van der Waals surface area contributed by atoms with Crippen molar-refractivity contribution in [2.75, 3.05) is 20.2 Å². The molecule has 2 aliphatic rings. The fraction of sp³-hybridized carbons (Fsp3) is 0.447. The monoisotopic (exact) mass is 682 g/mol. The third kappa shape index (κ3) is 7.54. The zero-order valence-corrected chi connectivity index (χ0v) is 29.8. The van der Waals surface area contributed by atoms with Gasteiger partial charge in [0.1, 0.15) is 22.9 Å². The molecule has 2 amide bonds. The van der Waals surface area contributed by atoms with Gasteiger partial charge in [0.25, 0.3) is 0 Å². The molecule has 264 valence electrons. The lowest BCUT2D eigenvalue weighted by atomic mass is 10.0. The van der Waals surface area contributed by atoms with Gasteiger partial charge in [-0.3, -0.25) is 9.80 Å². The second kappa shape index (κ2) is 13.6. The molecule has 2 aromatic heterocycles. The highest BCUT2D eigenvalue weighted by Gasteiger charge is 2.37. The van der Waals surface area contributed by atoms with Crippen molar-refractivity contribution in [1.82, 2.24) is 29.7 Å². The van der Waals surface area contributed by atoms with Crippen molar-refractivity contribution in [2.24, 2.45) is 0 Å².